The van der Waals surface area contributed by atoms with Crippen molar-refractivity contribution in [2.75, 3.05) is 13.1 Å². The Labute approximate surface area is 162 Å². The summed E-state index contributed by atoms with van der Waals surface area (Å²) >= 11 is 3.17. The quantitative estimate of drug-likeness (QED) is 0.840. The van der Waals surface area contributed by atoms with Gasteiger partial charge in [0.05, 0.1) is 5.51 Å². The number of nitrogens with zero attached hydrogens (tertiary/aromatic N) is 2. The summed E-state index contributed by atoms with van der Waals surface area (Å²) in [5.41, 5.74) is 3.91. The molecule has 1 saturated carbocycles. The maximum absolute atomic E-state index is 12.9. The van der Waals surface area contributed by atoms with Crippen LogP contribution in [0.1, 0.15) is 35.3 Å². The number of piperidine rings is 1. The van der Waals surface area contributed by atoms with Crippen LogP contribution >= 0.6 is 47.5 Å². The summed E-state index contributed by atoms with van der Waals surface area (Å²) in [7, 11) is 0. The summed E-state index contributed by atoms with van der Waals surface area (Å²) in [5, 5.41) is 9.51. The molecule has 3 heterocycles. The van der Waals surface area contributed by atoms with Gasteiger partial charge in [0.15, 0.2) is 0 Å². The maximum Gasteiger partial charge on any atom is 0.273 e. The Morgan fingerprint density at radius 1 is 1.29 bits per heavy atom. The lowest BCUT2D eigenvalue weighted by atomic mass is 9.93. The van der Waals surface area contributed by atoms with Crippen molar-refractivity contribution in [1.29, 1.82) is 0 Å². The van der Waals surface area contributed by atoms with E-state index in [1.807, 2.05) is 5.38 Å². The molecule has 132 valence electrons. The topological polar surface area (TPSA) is 45.2 Å². The third-order valence-corrected chi connectivity index (χ3v) is 6.29. The normalized spacial score (nSPS) is 20.8. The van der Waals surface area contributed by atoms with Crippen LogP contribution in [0.15, 0.2) is 27.7 Å². The van der Waals surface area contributed by atoms with E-state index < -0.39 is 0 Å². The van der Waals surface area contributed by atoms with E-state index in [0.717, 1.165) is 19.5 Å². The van der Waals surface area contributed by atoms with Gasteiger partial charge in [-0.1, -0.05) is 0 Å². The van der Waals surface area contributed by atoms with E-state index in [1.165, 1.54) is 29.7 Å². The van der Waals surface area contributed by atoms with Gasteiger partial charge in [-0.05, 0) is 60.2 Å². The Balaban J connectivity index is 0.00000104. The molecule has 2 fully saturated rings. The van der Waals surface area contributed by atoms with Crippen LogP contribution in [0, 0.1) is 5.41 Å². The molecular formula is C16H21Cl2N3OS2. The molecule has 1 aliphatic heterocycles. The first kappa shape index (κ1) is 19.7. The molecular weight excluding hydrogens is 385 g/mol. The molecule has 24 heavy (non-hydrogen) atoms. The van der Waals surface area contributed by atoms with E-state index >= 15 is 0 Å². The summed E-state index contributed by atoms with van der Waals surface area (Å²) < 4.78 is 0. The predicted molar refractivity (Wildman–Crippen MR) is 104 cm³/mol. The monoisotopic (exact) mass is 405 g/mol. The highest BCUT2D eigenvalue weighted by atomic mass is 35.5. The molecule has 2 aromatic heterocycles. The highest BCUT2D eigenvalue weighted by Gasteiger charge is 2.57. The lowest BCUT2D eigenvalue weighted by Gasteiger charge is -2.29. The number of amides is 1. The number of carbonyl (C=O) groups is 1. The zero-order valence-corrected chi connectivity index (χ0v) is 16.4. The van der Waals surface area contributed by atoms with Crippen LogP contribution in [0.5, 0.6) is 0 Å². The van der Waals surface area contributed by atoms with Crippen molar-refractivity contribution in [2.45, 2.75) is 31.8 Å². The van der Waals surface area contributed by atoms with Crippen LogP contribution in [0.4, 0.5) is 0 Å². The summed E-state index contributed by atoms with van der Waals surface area (Å²) in [6, 6.07) is 2.49. The lowest BCUT2D eigenvalue weighted by Crippen LogP contribution is -2.39. The number of hydrogen-bond donors (Lipinski definition) is 1. The fraction of sp³-hybridized carbons (Fsp3) is 0.500. The summed E-state index contributed by atoms with van der Waals surface area (Å²) in [5.74, 6) is 0.0906. The van der Waals surface area contributed by atoms with Crippen LogP contribution < -0.4 is 5.32 Å². The zero-order valence-electron chi connectivity index (χ0n) is 13.1. The van der Waals surface area contributed by atoms with Gasteiger partial charge in [-0.3, -0.25) is 4.79 Å². The molecule has 2 aromatic rings. The molecule has 0 radical (unpaired) electrons. The number of thiazole rings is 1. The van der Waals surface area contributed by atoms with Crippen molar-refractivity contribution in [2.24, 2.45) is 5.41 Å². The van der Waals surface area contributed by atoms with E-state index in [4.69, 9.17) is 0 Å². The Morgan fingerprint density at radius 2 is 2.08 bits per heavy atom. The van der Waals surface area contributed by atoms with Gasteiger partial charge in [0.1, 0.15) is 5.69 Å². The van der Waals surface area contributed by atoms with Crippen molar-refractivity contribution < 1.29 is 4.79 Å². The summed E-state index contributed by atoms with van der Waals surface area (Å²) in [6.07, 6.45) is 3.51. The summed E-state index contributed by atoms with van der Waals surface area (Å²) in [6.45, 7) is 2.86. The number of hydrogen-bond acceptors (Lipinski definition) is 5. The van der Waals surface area contributed by atoms with Gasteiger partial charge < -0.3 is 10.2 Å². The molecule has 1 atom stereocenters. The first-order valence-corrected chi connectivity index (χ1v) is 9.58. The van der Waals surface area contributed by atoms with Crippen molar-refractivity contribution in [1.82, 2.24) is 15.2 Å². The fourth-order valence-corrected chi connectivity index (χ4v) is 4.78. The second-order valence-electron chi connectivity index (χ2n) is 6.27. The van der Waals surface area contributed by atoms with E-state index in [-0.39, 0.29) is 30.7 Å². The van der Waals surface area contributed by atoms with Crippen molar-refractivity contribution in [3.05, 3.63) is 39.0 Å². The second-order valence-corrected chi connectivity index (χ2v) is 7.77. The standard InChI is InChI=1S/C16H19N3OS2.2ClH/c20-15(13-10-22-11-18-13)19(8-12-1-6-21-9-12)14-7-16(14)2-4-17-5-3-16;;/h1,6,9-11,14,17H,2-5,7-8H2;2*1H. The van der Waals surface area contributed by atoms with Gasteiger partial charge in [0.2, 0.25) is 0 Å². The second kappa shape index (κ2) is 8.15. The first-order chi connectivity index (χ1) is 10.8. The molecule has 4 rings (SSSR count). The molecule has 1 aliphatic carbocycles. The number of thiophene rings is 1. The maximum atomic E-state index is 12.9. The average molecular weight is 406 g/mol. The third kappa shape index (κ3) is 3.78. The molecule has 4 nitrogen and oxygen atoms in total. The van der Waals surface area contributed by atoms with E-state index in [1.54, 1.807) is 16.8 Å². The smallest absolute Gasteiger partial charge is 0.273 e. The number of halogens is 2. The molecule has 0 aromatic carbocycles. The van der Waals surface area contributed by atoms with E-state index in [9.17, 15) is 4.79 Å². The molecule has 1 amide bonds. The number of rotatable bonds is 4. The Kier molecular flexibility index (Phi) is 6.67. The Morgan fingerprint density at radius 3 is 2.71 bits per heavy atom. The zero-order chi connectivity index (χ0) is 15.0. The van der Waals surface area contributed by atoms with Gasteiger partial charge in [-0.15, -0.1) is 36.2 Å². The van der Waals surface area contributed by atoms with E-state index in [0.29, 0.717) is 23.7 Å². The van der Waals surface area contributed by atoms with Gasteiger partial charge in [0, 0.05) is 18.0 Å². The van der Waals surface area contributed by atoms with Crippen molar-refractivity contribution >= 4 is 53.4 Å². The Bertz CT molecular complexity index is 642. The molecule has 1 saturated heterocycles. The largest absolute Gasteiger partial charge is 0.329 e. The van der Waals surface area contributed by atoms with E-state index in [2.05, 4.69) is 32.0 Å². The lowest BCUT2D eigenvalue weighted by molar-refractivity contribution is 0.0687. The van der Waals surface area contributed by atoms with Crippen LogP contribution in [-0.4, -0.2) is 34.9 Å². The van der Waals surface area contributed by atoms with Crippen LogP contribution in [0.3, 0.4) is 0 Å². The average Bonchev–Trinajstić information content (AvgIpc) is 3.02. The summed E-state index contributed by atoms with van der Waals surface area (Å²) in [4.78, 5) is 19.2. The molecule has 0 bridgehead atoms. The minimum Gasteiger partial charge on any atom is -0.329 e. The molecule has 1 spiro atoms. The fourth-order valence-electron chi connectivity index (χ4n) is 3.60. The predicted octanol–water partition coefficient (Wildman–Crippen LogP) is 3.83. The Hall–Kier alpha value is -0.660. The van der Waals surface area contributed by atoms with Gasteiger partial charge >= 0.3 is 0 Å². The highest BCUT2D eigenvalue weighted by molar-refractivity contribution is 7.08. The SMILES string of the molecule is Cl.Cl.O=C(c1cscn1)N(Cc1ccsc1)C1CC12CCNCC2. The van der Waals surface area contributed by atoms with Gasteiger partial charge in [-0.2, -0.15) is 11.3 Å². The highest BCUT2D eigenvalue weighted by Crippen LogP contribution is 2.56. The van der Waals surface area contributed by atoms with Crippen LogP contribution in [-0.2, 0) is 6.54 Å². The van der Waals surface area contributed by atoms with Crippen LogP contribution in [0.25, 0.3) is 0 Å². The minimum absolute atomic E-state index is 0. The number of aromatic nitrogens is 1. The first-order valence-electron chi connectivity index (χ1n) is 7.69. The third-order valence-electron chi connectivity index (χ3n) is 4.97. The number of nitrogens with one attached hydrogen (secondary N) is 1. The van der Waals surface area contributed by atoms with Crippen molar-refractivity contribution in [3.63, 3.8) is 0 Å². The molecule has 1 N–H and O–H groups in total. The van der Waals surface area contributed by atoms with Gasteiger partial charge in [0.25, 0.3) is 5.91 Å². The minimum atomic E-state index is 0. The van der Waals surface area contributed by atoms with Crippen molar-refractivity contribution in [3.8, 4) is 0 Å². The number of carbonyl (C=O) groups excluding carboxylic acids is 1. The van der Waals surface area contributed by atoms with Gasteiger partial charge in [-0.25, -0.2) is 4.98 Å². The molecule has 2 aliphatic rings. The molecule has 8 heteroatoms. The molecule has 1 unspecified atom stereocenters. The van der Waals surface area contributed by atoms with Crippen LogP contribution in [0.2, 0.25) is 0 Å².